The second-order valence-electron chi connectivity index (χ2n) is 6.67. The molecule has 0 spiro atoms. The van der Waals surface area contributed by atoms with Crippen LogP contribution in [0.3, 0.4) is 0 Å². The zero-order chi connectivity index (χ0) is 20.7. The van der Waals surface area contributed by atoms with Crippen molar-refractivity contribution < 1.29 is 34.4 Å². The first kappa shape index (κ1) is 21.7. The van der Waals surface area contributed by atoms with Gasteiger partial charge in [-0.3, -0.25) is 4.79 Å². The molecule has 0 saturated heterocycles. The van der Waals surface area contributed by atoms with Gasteiger partial charge in [0.2, 0.25) is 0 Å². The highest BCUT2D eigenvalue weighted by Crippen LogP contribution is 2.30. The number of phenolic OH excluding ortho intramolecular Hbond substituents is 1. The van der Waals surface area contributed by atoms with Gasteiger partial charge in [-0.25, -0.2) is 4.79 Å². The summed E-state index contributed by atoms with van der Waals surface area (Å²) in [5, 5.41) is 30.3. The van der Waals surface area contributed by atoms with E-state index in [1.54, 1.807) is 12.1 Å². The van der Waals surface area contributed by atoms with Crippen molar-refractivity contribution in [2.24, 2.45) is 5.92 Å². The third kappa shape index (κ3) is 5.43. The molecule has 2 rings (SSSR count). The molecular formula is C21H26O7. The van der Waals surface area contributed by atoms with E-state index in [1.165, 1.54) is 31.4 Å². The number of phenols is 1. The van der Waals surface area contributed by atoms with Crippen LogP contribution in [-0.4, -0.2) is 53.0 Å². The van der Waals surface area contributed by atoms with Crippen molar-refractivity contribution in [1.82, 2.24) is 0 Å². The number of esters is 1. The van der Waals surface area contributed by atoms with Gasteiger partial charge in [-0.1, -0.05) is 31.6 Å². The zero-order valence-corrected chi connectivity index (χ0v) is 16.0. The molecule has 0 unspecified atom stereocenters. The Labute approximate surface area is 163 Å². The Bertz CT molecular complexity index is 766. The lowest BCUT2D eigenvalue weighted by molar-refractivity contribution is -0.127. The van der Waals surface area contributed by atoms with Crippen LogP contribution in [0.5, 0.6) is 11.5 Å². The Morgan fingerprint density at radius 3 is 2.64 bits per heavy atom. The van der Waals surface area contributed by atoms with E-state index < -0.39 is 24.0 Å². The molecule has 0 aromatic heterocycles. The van der Waals surface area contributed by atoms with Gasteiger partial charge in [0.05, 0.1) is 19.8 Å². The number of benzene rings is 1. The lowest BCUT2D eigenvalue weighted by Gasteiger charge is -2.17. The number of carbonyl (C=O) groups is 2. The molecule has 7 nitrogen and oxygen atoms in total. The molecule has 0 bridgehead atoms. The highest BCUT2D eigenvalue weighted by atomic mass is 16.5. The van der Waals surface area contributed by atoms with E-state index in [0.29, 0.717) is 17.7 Å². The third-order valence-electron chi connectivity index (χ3n) is 4.51. The number of ketones is 1. The number of cyclic esters (lactones) is 1. The maximum Gasteiger partial charge on any atom is 0.342 e. The molecule has 0 amide bonds. The predicted molar refractivity (Wildman–Crippen MR) is 103 cm³/mol. The maximum atomic E-state index is 12.6. The van der Waals surface area contributed by atoms with Crippen molar-refractivity contribution in [3.63, 3.8) is 0 Å². The van der Waals surface area contributed by atoms with Gasteiger partial charge in [-0.15, -0.1) is 0 Å². The van der Waals surface area contributed by atoms with Gasteiger partial charge in [-0.05, 0) is 30.5 Å². The van der Waals surface area contributed by atoms with E-state index in [2.05, 4.69) is 0 Å². The minimum atomic E-state index is -1.55. The van der Waals surface area contributed by atoms with Crippen LogP contribution in [0.1, 0.15) is 42.1 Å². The van der Waals surface area contributed by atoms with Gasteiger partial charge in [0.25, 0.3) is 0 Å². The minimum Gasteiger partial charge on any atom is -0.507 e. The number of hydrogen-bond acceptors (Lipinski definition) is 7. The molecule has 3 N–H and O–H groups in total. The smallest absolute Gasteiger partial charge is 0.342 e. The number of aromatic hydroxyl groups is 1. The summed E-state index contributed by atoms with van der Waals surface area (Å²) >= 11 is 0. The molecule has 7 heteroatoms. The lowest BCUT2D eigenvalue weighted by Crippen LogP contribution is -2.32. The fraction of sp³-hybridized carbons (Fsp3) is 0.429. The summed E-state index contributed by atoms with van der Waals surface area (Å²) in [5.41, 5.74) is 0.328. The second-order valence-corrected chi connectivity index (χ2v) is 6.67. The number of hydrogen-bond donors (Lipinski definition) is 3. The van der Waals surface area contributed by atoms with Crippen molar-refractivity contribution in [1.29, 1.82) is 0 Å². The fourth-order valence-corrected chi connectivity index (χ4v) is 2.94. The number of rotatable bonds is 3. The Morgan fingerprint density at radius 1 is 1.21 bits per heavy atom. The van der Waals surface area contributed by atoms with Gasteiger partial charge in [-0.2, -0.15) is 0 Å². The average molecular weight is 390 g/mol. The van der Waals surface area contributed by atoms with Crippen LogP contribution in [0.15, 0.2) is 30.4 Å². The van der Waals surface area contributed by atoms with E-state index >= 15 is 0 Å². The maximum absolute atomic E-state index is 12.6. The number of methoxy groups -OCH3 is 1. The molecule has 1 aromatic rings. The number of fused-ring (bicyclic) bond motifs is 1. The first-order chi connectivity index (χ1) is 13.4. The van der Waals surface area contributed by atoms with Crippen LogP contribution < -0.4 is 4.74 Å². The van der Waals surface area contributed by atoms with Crippen LogP contribution in [0, 0.1) is 5.92 Å². The number of aliphatic hydroxyl groups is 2. The third-order valence-corrected chi connectivity index (χ3v) is 4.51. The summed E-state index contributed by atoms with van der Waals surface area (Å²) in [5.74, 6) is -1.47. The van der Waals surface area contributed by atoms with E-state index in [4.69, 9.17) is 9.47 Å². The van der Waals surface area contributed by atoms with Crippen LogP contribution in [0.2, 0.25) is 0 Å². The summed E-state index contributed by atoms with van der Waals surface area (Å²) in [6.07, 6.45) is 4.39. The monoisotopic (exact) mass is 390 g/mol. The molecule has 1 aliphatic heterocycles. The molecule has 3 atom stereocenters. The highest BCUT2D eigenvalue weighted by Gasteiger charge is 2.23. The Kier molecular flexibility index (Phi) is 7.78. The Balaban J connectivity index is 2.44. The van der Waals surface area contributed by atoms with Crippen LogP contribution in [-0.2, 0) is 9.53 Å². The van der Waals surface area contributed by atoms with E-state index in [1.807, 2.05) is 6.92 Å². The molecule has 1 heterocycles. The Hall–Kier alpha value is -2.64. The summed E-state index contributed by atoms with van der Waals surface area (Å²) in [7, 11) is 1.43. The number of aliphatic hydroxyl groups excluding tert-OH is 2. The van der Waals surface area contributed by atoms with Gasteiger partial charge in [0.1, 0.15) is 23.2 Å². The Morgan fingerprint density at radius 2 is 1.96 bits per heavy atom. The predicted octanol–water partition coefficient (Wildman–Crippen LogP) is 2.24. The number of carbonyl (C=O) groups excluding carboxylic acids is 2. The van der Waals surface area contributed by atoms with E-state index in [-0.39, 0.29) is 30.3 Å². The van der Waals surface area contributed by atoms with Gasteiger partial charge in [0, 0.05) is 12.0 Å². The lowest BCUT2D eigenvalue weighted by atomic mass is 9.99. The SMILES string of the molecule is CCC[C@@H]1/C=C\C(=O)[C@@H](O)[C@@H](O)C/C=C/c2cc(OC)cc(O)c2C(=O)OC1. The van der Waals surface area contributed by atoms with Crippen molar-refractivity contribution in [3.8, 4) is 11.5 Å². The summed E-state index contributed by atoms with van der Waals surface area (Å²) in [6.45, 7) is 1.98. The topological polar surface area (TPSA) is 113 Å². The molecule has 0 radical (unpaired) electrons. The standard InChI is InChI=1S/C21H26O7/c1-3-5-13-8-9-17(23)20(25)16(22)7-4-6-14-10-15(27-2)11-18(24)19(14)21(26)28-12-13/h4,6,8-11,13,16,20,22,24-25H,3,5,7,12H2,1-2H3/b6-4+,9-8-/t13-,16+,20+/m1/s1. The molecule has 1 aliphatic rings. The van der Waals surface area contributed by atoms with Crippen LogP contribution >= 0.6 is 0 Å². The quantitative estimate of drug-likeness (QED) is 0.678. The van der Waals surface area contributed by atoms with Gasteiger partial charge < -0.3 is 24.8 Å². The molecule has 28 heavy (non-hydrogen) atoms. The highest BCUT2D eigenvalue weighted by molar-refractivity contribution is 5.97. The summed E-state index contributed by atoms with van der Waals surface area (Å²) in [6, 6.07) is 2.87. The largest absolute Gasteiger partial charge is 0.507 e. The fourth-order valence-electron chi connectivity index (χ4n) is 2.94. The molecule has 0 saturated carbocycles. The summed E-state index contributed by atoms with van der Waals surface area (Å²) in [4.78, 5) is 24.6. The first-order valence-electron chi connectivity index (χ1n) is 9.20. The minimum absolute atomic E-state index is 0.0144. The molecule has 152 valence electrons. The molecule has 0 fully saturated rings. The summed E-state index contributed by atoms with van der Waals surface area (Å²) < 4.78 is 10.5. The molecular weight excluding hydrogens is 364 g/mol. The van der Waals surface area contributed by atoms with Gasteiger partial charge >= 0.3 is 5.97 Å². The zero-order valence-electron chi connectivity index (χ0n) is 16.0. The van der Waals surface area contributed by atoms with Crippen LogP contribution in [0.25, 0.3) is 6.08 Å². The van der Waals surface area contributed by atoms with E-state index in [0.717, 1.165) is 6.42 Å². The van der Waals surface area contributed by atoms with Gasteiger partial charge in [0.15, 0.2) is 5.78 Å². The molecule has 0 aliphatic carbocycles. The average Bonchev–Trinajstić information content (AvgIpc) is 2.67. The van der Waals surface area contributed by atoms with Crippen molar-refractivity contribution >= 4 is 17.8 Å². The number of ether oxygens (including phenoxy) is 2. The van der Waals surface area contributed by atoms with Crippen molar-refractivity contribution in [3.05, 3.63) is 41.5 Å². The second kappa shape index (κ2) is 10.1. The van der Waals surface area contributed by atoms with Crippen molar-refractivity contribution in [2.75, 3.05) is 13.7 Å². The normalized spacial score (nSPS) is 25.9. The van der Waals surface area contributed by atoms with E-state index in [9.17, 15) is 24.9 Å². The first-order valence-corrected chi connectivity index (χ1v) is 9.20. The van der Waals surface area contributed by atoms with Crippen LogP contribution in [0.4, 0.5) is 0 Å². The molecule has 1 aromatic carbocycles. The van der Waals surface area contributed by atoms with Crippen molar-refractivity contribution in [2.45, 2.75) is 38.4 Å².